The molecule has 0 fully saturated rings. The van der Waals surface area contributed by atoms with Crippen molar-refractivity contribution in [1.29, 1.82) is 0 Å². The molecule has 2 rings (SSSR count). The minimum Gasteiger partial charge on any atom is -0.477 e. The maximum absolute atomic E-state index is 13.6. The van der Waals surface area contributed by atoms with Gasteiger partial charge in [0.15, 0.2) is 0 Å². The maximum atomic E-state index is 13.6. The second kappa shape index (κ2) is 5.71. The van der Waals surface area contributed by atoms with E-state index in [0.29, 0.717) is 21.6 Å². The van der Waals surface area contributed by atoms with Crippen molar-refractivity contribution in [2.45, 2.75) is 13.5 Å². The molecule has 2 aromatic rings. The van der Waals surface area contributed by atoms with Gasteiger partial charge >= 0.3 is 5.97 Å². The van der Waals surface area contributed by atoms with Gasteiger partial charge in [0, 0.05) is 15.9 Å². The van der Waals surface area contributed by atoms with Crippen molar-refractivity contribution in [3.8, 4) is 0 Å². The fraction of sp³-hybridized carbons (Fsp3) is 0.154. The average molecular weight is 344 g/mol. The molecule has 0 bridgehead atoms. The molecule has 0 amide bonds. The summed E-state index contributed by atoms with van der Waals surface area (Å²) in [7, 11) is 0. The molecule has 2 N–H and O–H groups in total. The number of rotatable bonds is 4. The monoisotopic (exact) mass is 343 g/mol. The van der Waals surface area contributed by atoms with Crippen LogP contribution in [0.25, 0.3) is 0 Å². The van der Waals surface area contributed by atoms with E-state index in [1.54, 1.807) is 18.2 Å². The van der Waals surface area contributed by atoms with Crippen molar-refractivity contribution in [3.05, 3.63) is 49.9 Å². The first-order chi connectivity index (χ1) is 8.97. The van der Waals surface area contributed by atoms with Crippen molar-refractivity contribution < 1.29 is 14.3 Å². The van der Waals surface area contributed by atoms with Gasteiger partial charge in [-0.25, -0.2) is 9.18 Å². The van der Waals surface area contributed by atoms with Gasteiger partial charge in [-0.1, -0.05) is 15.9 Å². The third-order valence-corrected chi connectivity index (χ3v) is 4.21. The lowest BCUT2D eigenvalue weighted by Gasteiger charge is -2.07. The van der Waals surface area contributed by atoms with Crippen LogP contribution in [-0.4, -0.2) is 11.1 Å². The van der Waals surface area contributed by atoms with Crippen molar-refractivity contribution in [2.75, 3.05) is 5.32 Å². The number of halogens is 2. The number of nitrogens with one attached hydrogen (secondary N) is 1. The Morgan fingerprint density at radius 3 is 2.79 bits per heavy atom. The van der Waals surface area contributed by atoms with Crippen LogP contribution >= 0.6 is 27.3 Å². The van der Waals surface area contributed by atoms with Gasteiger partial charge in [-0.05, 0) is 36.8 Å². The van der Waals surface area contributed by atoms with E-state index in [4.69, 9.17) is 5.11 Å². The maximum Gasteiger partial charge on any atom is 0.345 e. The van der Waals surface area contributed by atoms with Crippen LogP contribution in [0.3, 0.4) is 0 Å². The van der Waals surface area contributed by atoms with Crippen molar-refractivity contribution in [2.24, 2.45) is 0 Å². The molecule has 1 aromatic carbocycles. The fourth-order valence-corrected chi connectivity index (χ4v) is 2.84. The summed E-state index contributed by atoms with van der Waals surface area (Å²) in [6.07, 6.45) is 0. The Bertz CT molecular complexity index is 627. The molecule has 19 heavy (non-hydrogen) atoms. The third kappa shape index (κ3) is 3.33. The van der Waals surface area contributed by atoms with Crippen molar-refractivity contribution in [3.63, 3.8) is 0 Å². The van der Waals surface area contributed by atoms with E-state index in [-0.39, 0.29) is 5.82 Å². The molecule has 0 spiro atoms. The predicted molar refractivity (Wildman–Crippen MR) is 77.4 cm³/mol. The highest BCUT2D eigenvalue weighted by atomic mass is 79.9. The summed E-state index contributed by atoms with van der Waals surface area (Å²) in [5.74, 6) is -1.28. The van der Waals surface area contributed by atoms with Crippen molar-refractivity contribution >= 4 is 38.9 Å². The summed E-state index contributed by atoms with van der Waals surface area (Å²) < 4.78 is 14.3. The summed E-state index contributed by atoms with van der Waals surface area (Å²) in [6.45, 7) is 2.25. The quantitative estimate of drug-likeness (QED) is 0.871. The molecule has 1 heterocycles. The van der Waals surface area contributed by atoms with Crippen LogP contribution in [-0.2, 0) is 6.54 Å². The normalized spacial score (nSPS) is 10.5. The molecule has 0 atom stereocenters. The standard InChI is InChI=1S/C13H11BrFNO2S/c1-7-8(4-12(19-7)13(17)18)6-16-11-3-2-9(14)5-10(11)15/h2-5,16H,6H2,1H3,(H,17,18). The van der Waals surface area contributed by atoms with E-state index in [1.165, 1.54) is 17.4 Å². The Morgan fingerprint density at radius 2 is 2.21 bits per heavy atom. The Labute approximate surface area is 122 Å². The number of anilines is 1. The third-order valence-electron chi connectivity index (χ3n) is 2.63. The van der Waals surface area contributed by atoms with Crippen LogP contribution < -0.4 is 5.32 Å². The minimum atomic E-state index is -0.936. The van der Waals surface area contributed by atoms with E-state index < -0.39 is 5.97 Å². The Morgan fingerprint density at radius 1 is 1.47 bits per heavy atom. The van der Waals surface area contributed by atoms with Crippen LogP contribution in [0.1, 0.15) is 20.1 Å². The molecule has 100 valence electrons. The summed E-state index contributed by atoms with van der Waals surface area (Å²) in [5.41, 5.74) is 1.26. The number of carboxylic acid groups (broad SMARTS) is 1. The minimum absolute atomic E-state index is 0.297. The molecule has 3 nitrogen and oxygen atoms in total. The molecule has 6 heteroatoms. The number of hydrogen-bond acceptors (Lipinski definition) is 3. The Hall–Kier alpha value is -1.40. The number of carboxylic acids is 1. The van der Waals surface area contributed by atoms with Gasteiger partial charge in [0.25, 0.3) is 0 Å². The first-order valence-electron chi connectivity index (χ1n) is 5.49. The van der Waals surface area contributed by atoms with Crippen LogP contribution in [0.15, 0.2) is 28.7 Å². The largest absolute Gasteiger partial charge is 0.477 e. The number of aryl methyl sites for hydroxylation is 1. The van der Waals surface area contributed by atoms with Gasteiger partial charge in [-0.2, -0.15) is 0 Å². The number of hydrogen-bond donors (Lipinski definition) is 2. The van der Waals surface area contributed by atoms with Gasteiger partial charge in [-0.3, -0.25) is 0 Å². The first kappa shape index (κ1) is 14.0. The smallest absolute Gasteiger partial charge is 0.345 e. The van der Waals surface area contributed by atoms with E-state index in [9.17, 15) is 9.18 Å². The summed E-state index contributed by atoms with van der Waals surface area (Å²) in [4.78, 5) is 12.1. The lowest BCUT2D eigenvalue weighted by Crippen LogP contribution is -2.01. The number of aromatic carboxylic acids is 1. The summed E-state index contributed by atoms with van der Waals surface area (Å²) in [6, 6.07) is 6.38. The topological polar surface area (TPSA) is 49.3 Å². The molecule has 0 saturated carbocycles. The van der Waals surface area contributed by atoms with E-state index in [0.717, 1.165) is 10.4 Å². The van der Waals surface area contributed by atoms with Gasteiger partial charge in [0.2, 0.25) is 0 Å². The number of benzene rings is 1. The molecular formula is C13H11BrFNO2S. The predicted octanol–water partition coefficient (Wildman–Crippen LogP) is 4.27. The molecule has 0 aliphatic heterocycles. The van der Waals surface area contributed by atoms with Gasteiger partial charge < -0.3 is 10.4 Å². The lowest BCUT2D eigenvalue weighted by atomic mass is 10.2. The van der Waals surface area contributed by atoms with E-state index >= 15 is 0 Å². The molecule has 0 saturated heterocycles. The van der Waals surface area contributed by atoms with E-state index in [1.807, 2.05) is 6.92 Å². The first-order valence-corrected chi connectivity index (χ1v) is 7.10. The molecule has 0 aliphatic rings. The highest BCUT2D eigenvalue weighted by molar-refractivity contribution is 9.10. The summed E-state index contributed by atoms with van der Waals surface area (Å²) in [5, 5.41) is 11.9. The Balaban J connectivity index is 2.12. The second-order valence-electron chi connectivity index (χ2n) is 3.97. The number of thiophene rings is 1. The second-order valence-corrected chi connectivity index (χ2v) is 6.15. The molecule has 0 unspecified atom stereocenters. The lowest BCUT2D eigenvalue weighted by molar-refractivity contribution is 0.0702. The highest BCUT2D eigenvalue weighted by Crippen LogP contribution is 2.24. The zero-order valence-corrected chi connectivity index (χ0v) is 12.4. The summed E-state index contributed by atoms with van der Waals surface area (Å²) >= 11 is 4.42. The van der Waals surface area contributed by atoms with Crippen LogP contribution in [0, 0.1) is 12.7 Å². The van der Waals surface area contributed by atoms with Gasteiger partial charge in [0.05, 0.1) is 5.69 Å². The van der Waals surface area contributed by atoms with Crippen LogP contribution in [0.4, 0.5) is 10.1 Å². The van der Waals surface area contributed by atoms with Gasteiger partial charge in [-0.15, -0.1) is 11.3 Å². The SMILES string of the molecule is Cc1sc(C(=O)O)cc1CNc1ccc(Br)cc1F. The molecule has 1 aromatic heterocycles. The van der Waals surface area contributed by atoms with Crippen molar-refractivity contribution in [1.82, 2.24) is 0 Å². The van der Waals surface area contributed by atoms with Crippen LogP contribution in [0.2, 0.25) is 0 Å². The zero-order valence-electron chi connectivity index (χ0n) is 10.0. The zero-order chi connectivity index (χ0) is 14.0. The average Bonchev–Trinajstić information content (AvgIpc) is 2.70. The fourth-order valence-electron chi connectivity index (χ4n) is 1.62. The van der Waals surface area contributed by atoms with Gasteiger partial charge in [0.1, 0.15) is 10.7 Å². The highest BCUT2D eigenvalue weighted by Gasteiger charge is 2.11. The van der Waals surface area contributed by atoms with E-state index in [2.05, 4.69) is 21.2 Å². The van der Waals surface area contributed by atoms with Crippen LogP contribution in [0.5, 0.6) is 0 Å². The number of carbonyl (C=O) groups is 1. The molecular weight excluding hydrogens is 333 g/mol. The molecule has 0 aliphatic carbocycles. The molecule has 0 radical (unpaired) electrons. The Kier molecular flexibility index (Phi) is 4.21.